The van der Waals surface area contributed by atoms with Crippen LogP contribution in [0.3, 0.4) is 0 Å². The average molecular weight is 264 g/mol. The fourth-order valence-electron chi connectivity index (χ4n) is 2.21. The van der Waals surface area contributed by atoms with Crippen LogP contribution in [0.4, 0.5) is 0 Å². The molecule has 0 bridgehead atoms. The Balaban J connectivity index is 2.30. The Morgan fingerprint density at radius 2 is 1.76 bits per heavy atom. The second-order valence-corrected chi connectivity index (χ2v) is 6.41. The summed E-state index contributed by atoms with van der Waals surface area (Å²) in [4.78, 5) is 0. The number of hydrogen-bond donors (Lipinski definition) is 2. The molecule has 0 heterocycles. The number of methoxy groups -OCH3 is 1. The normalized spacial score (nSPS) is 26.0. The van der Waals surface area contributed by atoms with Crippen LogP contribution < -0.4 is 10.0 Å². The lowest BCUT2D eigenvalue weighted by molar-refractivity contribution is 0.216. The largest absolute Gasteiger partial charge is 0.384 e. The Bertz CT molecular complexity index is 298. The molecule has 1 aliphatic rings. The van der Waals surface area contributed by atoms with Crippen molar-refractivity contribution in [2.24, 2.45) is 0 Å². The fourth-order valence-corrected chi connectivity index (χ4v) is 3.46. The predicted molar refractivity (Wildman–Crippen MR) is 68.5 cm³/mol. The van der Waals surface area contributed by atoms with Crippen molar-refractivity contribution in [1.29, 1.82) is 0 Å². The summed E-state index contributed by atoms with van der Waals surface area (Å²) in [7, 11) is -1.66. The molecule has 0 saturated heterocycles. The van der Waals surface area contributed by atoms with Gasteiger partial charge in [-0.25, -0.2) is 13.1 Å². The first-order valence-corrected chi connectivity index (χ1v) is 7.95. The minimum atomic E-state index is -3.17. The van der Waals surface area contributed by atoms with Gasteiger partial charge in [0.1, 0.15) is 0 Å². The summed E-state index contributed by atoms with van der Waals surface area (Å²) in [5.41, 5.74) is 0. The minimum Gasteiger partial charge on any atom is -0.384 e. The van der Waals surface area contributed by atoms with E-state index in [9.17, 15) is 8.42 Å². The molecule has 1 rings (SSSR count). The lowest BCUT2D eigenvalue weighted by atomic mass is 9.92. The standard InChI is InChI=1S/C11H24N2O3S/c1-3-12-10-4-6-11(7-5-10)13-17(14,15)9-8-16-2/h10-13H,3-9H2,1-2H3. The third-order valence-electron chi connectivity index (χ3n) is 3.12. The van der Waals surface area contributed by atoms with E-state index < -0.39 is 10.0 Å². The van der Waals surface area contributed by atoms with Crippen LogP contribution in [-0.2, 0) is 14.8 Å². The molecule has 1 fully saturated rings. The Morgan fingerprint density at radius 3 is 2.29 bits per heavy atom. The summed E-state index contributed by atoms with van der Waals surface area (Å²) in [5, 5.41) is 3.40. The van der Waals surface area contributed by atoms with Crippen molar-refractivity contribution >= 4 is 10.0 Å². The predicted octanol–water partition coefficient (Wildman–Crippen LogP) is 0.473. The molecule has 6 heteroatoms. The average Bonchev–Trinajstić information content (AvgIpc) is 2.29. The van der Waals surface area contributed by atoms with E-state index in [1.807, 2.05) is 0 Å². The monoisotopic (exact) mass is 264 g/mol. The van der Waals surface area contributed by atoms with Gasteiger partial charge in [0.15, 0.2) is 0 Å². The third kappa shape index (κ3) is 5.81. The molecule has 0 aromatic carbocycles. The zero-order valence-electron chi connectivity index (χ0n) is 10.7. The Hall–Kier alpha value is -0.170. The van der Waals surface area contributed by atoms with Crippen molar-refractivity contribution in [3.8, 4) is 0 Å². The molecular formula is C11H24N2O3S. The summed E-state index contributed by atoms with van der Waals surface area (Å²) in [5.74, 6) is 0.0522. The molecule has 0 unspecified atom stereocenters. The highest BCUT2D eigenvalue weighted by atomic mass is 32.2. The maximum absolute atomic E-state index is 11.7. The summed E-state index contributed by atoms with van der Waals surface area (Å²) < 4.78 is 30.9. The van der Waals surface area contributed by atoms with Crippen molar-refractivity contribution < 1.29 is 13.2 Å². The van der Waals surface area contributed by atoms with Crippen molar-refractivity contribution in [3.05, 3.63) is 0 Å². The molecule has 0 amide bonds. The first-order chi connectivity index (χ1) is 8.07. The Morgan fingerprint density at radius 1 is 1.18 bits per heavy atom. The number of nitrogens with one attached hydrogen (secondary N) is 2. The van der Waals surface area contributed by atoms with E-state index in [0.29, 0.717) is 6.04 Å². The van der Waals surface area contributed by atoms with E-state index >= 15 is 0 Å². The van der Waals surface area contributed by atoms with Crippen molar-refractivity contribution in [1.82, 2.24) is 10.0 Å². The van der Waals surface area contributed by atoms with E-state index in [1.165, 1.54) is 7.11 Å². The van der Waals surface area contributed by atoms with Crippen LogP contribution in [0.5, 0.6) is 0 Å². The Labute approximate surface area is 104 Å². The third-order valence-corrected chi connectivity index (χ3v) is 4.52. The fraction of sp³-hybridized carbons (Fsp3) is 1.00. The molecule has 0 aromatic rings. The van der Waals surface area contributed by atoms with E-state index in [2.05, 4.69) is 17.0 Å². The summed E-state index contributed by atoms with van der Waals surface area (Å²) in [6, 6.07) is 0.659. The second-order valence-electron chi connectivity index (χ2n) is 4.54. The maximum atomic E-state index is 11.7. The Kier molecular flexibility index (Phi) is 6.40. The van der Waals surface area contributed by atoms with Gasteiger partial charge in [-0.05, 0) is 32.2 Å². The van der Waals surface area contributed by atoms with Gasteiger partial charge < -0.3 is 10.1 Å². The molecule has 1 aliphatic carbocycles. The van der Waals surface area contributed by atoms with Crippen LogP contribution >= 0.6 is 0 Å². The molecule has 1 saturated carbocycles. The van der Waals surface area contributed by atoms with E-state index in [0.717, 1.165) is 32.2 Å². The molecule has 102 valence electrons. The first-order valence-electron chi connectivity index (χ1n) is 6.29. The number of sulfonamides is 1. The van der Waals surface area contributed by atoms with Gasteiger partial charge in [-0.3, -0.25) is 0 Å². The molecule has 0 aromatic heterocycles. The lowest BCUT2D eigenvalue weighted by Crippen LogP contribution is -2.43. The molecule has 0 atom stereocenters. The van der Waals surface area contributed by atoms with Crippen LogP contribution in [0.15, 0.2) is 0 Å². The first kappa shape index (κ1) is 14.9. The molecule has 0 aliphatic heterocycles. The van der Waals surface area contributed by atoms with Crippen molar-refractivity contribution in [2.45, 2.75) is 44.7 Å². The molecule has 2 N–H and O–H groups in total. The van der Waals surface area contributed by atoms with Gasteiger partial charge >= 0.3 is 0 Å². The number of ether oxygens (including phenoxy) is 1. The van der Waals surface area contributed by atoms with Crippen LogP contribution in [0.25, 0.3) is 0 Å². The summed E-state index contributed by atoms with van der Waals surface area (Å²) in [6.45, 7) is 3.33. The van der Waals surface area contributed by atoms with E-state index in [4.69, 9.17) is 4.74 Å². The molecule has 5 nitrogen and oxygen atoms in total. The van der Waals surface area contributed by atoms with Crippen LogP contribution in [0, 0.1) is 0 Å². The maximum Gasteiger partial charge on any atom is 0.214 e. The topological polar surface area (TPSA) is 67.4 Å². The highest BCUT2D eigenvalue weighted by Crippen LogP contribution is 2.19. The van der Waals surface area contributed by atoms with Gasteiger partial charge in [0, 0.05) is 19.2 Å². The highest BCUT2D eigenvalue weighted by Gasteiger charge is 2.23. The van der Waals surface area contributed by atoms with Gasteiger partial charge in [-0.2, -0.15) is 0 Å². The van der Waals surface area contributed by atoms with Crippen molar-refractivity contribution in [2.75, 3.05) is 26.0 Å². The van der Waals surface area contributed by atoms with Gasteiger partial charge in [-0.15, -0.1) is 0 Å². The summed E-state index contributed by atoms with van der Waals surface area (Å²) >= 11 is 0. The minimum absolute atomic E-state index is 0.0522. The van der Waals surface area contributed by atoms with E-state index in [1.54, 1.807) is 0 Å². The van der Waals surface area contributed by atoms with Crippen LogP contribution in [0.1, 0.15) is 32.6 Å². The van der Waals surface area contributed by atoms with Gasteiger partial charge in [-0.1, -0.05) is 6.92 Å². The quantitative estimate of drug-likeness (QED) is 0.701. The van der Waals surface area contributed by atoms with Gasteiger partial charge in [0.25, 0.3) is 0 Å². The zero-order valence-corrected chi connectivity index (χ0v) is 11.6. The van der Waals surface area contributed by atoms with Crippen LogP contribution in [-0.4, -0.2) is 46.5 Å². The molecule has 0 radical (unpaired) electrons. The lowest BCUT2D eigenvalue weighted by Gasteiger charge is -2.29. The molecule has 17 heavy (non-hydrogen) atoms. The van der Waals surface area contributed by atoms with Gasteiger partial charge in [0.2, 0.25) is 10.0 Å². The van der Waals surface area contributed by atoms with E-state index in [-0.39, 0.29) is 18.4 Å². The molecular weight excluding hydrogens is 240 g/mol. The zero-order chi connectivity index (χ0) is 12.7. The second kappa shape index (κ2) is 7.31. The smallest absolute Gasteiger partial charge is 0.214 e. The highest BCUT2D eigenvalue weighted by molar-refractivity contribution is 7.89. The van der Waals surface area contributed by atoms with Crippen molar-refractivity contribution in [3.63, 3.8) is 0 Å². The summed E-state index contributed by atoms with van der Waals surface area (Å²) in [6.07, 6.45) is 3.93. The molecule has 0 spiro atoms. The van der Waals surface area contributed by atoms with Gasteiger partial charge in [0.05, 0.1) is 12.4 Å². The number of hydrogen-bond acceptors (Lipinski definition) is 4. The SMILES string of the molecule is CCNC1CCC(NS(=O)(=O)CCOC)CC1. The van der Waals surface area contributed by atoms with Crippen LogP contribution in [0.2, 0.25) is 0 Å². The number of rotatable bonds is 7.